The molecule has 1 fully saturated rings. The second-order valence-electron chi connectivity index (χ2n) is 5.43. The molecule has 0 saturated carbocycles. The van der Waals surface area contributed by atoms with E-state index in [1.54, 1.807) is 11.0 Å². The van der Waals surface area contributed by atoms with Crippen molar-refractivity contribution in [1.82, 2.24) is 15.5 Å². The van der Waals surface area contributed by atoms with Crippen LogP contribution in [-0.2, 0) is 11.2 Å². The van der Waals surface area contributed by atoms with Gasteiger partial charge in [0.05, 0.1) is 6.54 Å². The standard InChI is InChI=1S/C16H22FN3O2/c17-14-6-4-5-13(11-14)7-8-18-16(22)19-12-15(21)20-9-2-1-3-10-20/h4-6,11H,1-3,7-10,12H2,(H2,18,19,22). The largest absolute Gasteiger partial charge is 0.341 e. The van der Waals surface area contributed by atoms with E-state index in [1.807, 2.05) is 6.07 Å². The molecular weight excluding hydrogens is 285 g/mol. The molecule has 6 heteroatoms. The minimum absolute atomic E-state index is 0.0196. The van der Waals surface area contributed by atoms with E-state index in [2.05, 4.69) is 10.6 Å². The van der Waals surface area contributed by atoms with E-state index in [9.17, 15) is 14.0 Å². The number of halogens is 1. The zero-order valence-electron chi connectivity index (χ0n) is 12.6. The lowest BCUT2D eigenvalue weighted by molar-refractivity contribution is -0.130. The van der Waals surface area contributed by atoms with Crippen molar-refractivity contribution in [3.8, 4) is 0 Å². The van der Waals surface area contributed by atoms with Gasteiger partial charge in [0.1, 0.15) is 5.82 Å². The lowest BCUT2D eigenvalue weighted by atomic mass is 10.1. The summed E-state index contributed by atoms with van der Waals surface area (Å²) in [7, 11) is 0. The van der Waals surface area contributed by atoms with Crippen molar-refractivity contribution in [3.63, 3.8) is 0 Å². The van der Waals surface area contributed by atoms with E-state index in [4.69, 9.17) is 0 Å². The number of nitrogens with zero attached hydrogens (tertiary/aromatic N) is 1. The molecule has 3 amide bonds. The molecule has 0 atom stereocenters. The van der Waals surface area contributed by atoms with E-state index in [-0.39, 0.29) is 24.3 Å². The van der Waals surface area contributed by atoms with Crippen molar-refractivity contribution < 1.29 is 14.0 Å². The molecule has 2 N–H and O–H groups in total. The highest BCUT2D eigenvalue weighted by atomic mass is 19.1. The van der Waals surface area contributed by atoms with Gasteiger partial charge in [-0.3, -0.25) is 4.79 Å². The zero-order chi connectivity index (χ0) is 15.8. The molecule has 1 aliphatic rings. The second kappa shape index (κ2) is 8.36. The molecule has 120 valence electrons. The van der Waals surface area contributed by atoms with Gasteiger partial charge in [0.15, 0.2) is 0 Å². The maximum atomic E-state index is 13.0. The maximum Gasteiger partial charge on any atom is 0.315 e. The molecule has 0 bridgehead atoms. The Morgan fingerprint density at radius 2 is 1.91 bits per heavy atom. The predicted octanol–water partition coefficient (Wildman–Crippen LogP) is 1.68. The summed E-state index contributed by atoms with van der Waals surface area (Å²) in [6, 6.07) is 5.90. The summed E-state index contributed by atoms with van der Waals surface area (Å²) >= 11 is 0. The van der Waals surface area contributed by atoms with E-state index >= 15 is 0 Å². The number of carbonyl (C=O) groups is 2. The van der Waals surface area contributed by atoms with Crippen LogP contribution in [0.2, 0.25) is 0 Å². The van der Waals surface area contributed by atoms with Gasteiger partial charge in [0.2, 0.25) is 5.91 Å². The van der Waals surface area contributed by atoms with E-state index < -0.39 is 0 Å². The Bertz CT molecular complexity index is 516. The topological polar surface area (TPSA) is 61.4 Å². The van der Waals surface area contributed by atoms with Gasteiger partial charge >= 0.3 is 6.03 Å². The third kappa shape index (κ3) is 5.35. The number of piperidine rings is 1. The molecule has 1 heterocycles. The Labute approximate surface area is 129 Å². The van der Waals surface area contributed by atoms with Gasteiger partial charge in [0, 0.05) is 19.6 Å². The van der Waals surface area contributed by atoms with Gasteiger partial charge in [-0.15, -0.1) is 0 Å². The van der Waals surface area contributed by atoms with Crippen LogP contribution < -0.4 is 10.6 Å². The monoisotopic (exact) mass is 307 g/mol. The third-order valence-electron chi connectivity index (χ3n) is 3.70. The number of likely N-dealkylation sites (tertiary alicyclic amines) is 1. The van der Waals surface area contributed by atoms with Crippen LogP contribution in [-0.4, -0.2) is 43.0 Å². The molecule has 1 aromatic carbocycles. The van der Waals surface area contributed by atoms with Crippen molar-refractivity contribution in [3.05, 3.63) is 35.6 Å². The average molecular weight is 307 g/mol. The lowest BCUT2D eigenvalue weighted by Gasteiger charge is -2.26. The number of urea groups is 1. The molecule has 0 radical (unpaired) electrons. The van der Waals surface area contributed by atoms with Crippen LogP contribution >= 0.6 is 0 Å². The molecule has 1 saturated heterocycles. The van der Waals surface area contributed by atoms with Crippen molar-refractivity contribution in [2.24, 2.45) is 0 Å². The fourth-order valence-electron chi connectivity index (χ4n) is 2.49. The van der Waals surface area contributed by atoms with Crippen LogP contribution in [0.15, 0.2) is 24.3 Å². The number of nitrogens with one attached hydrogen (secondary N) is 2. The number of carbonyl (C=O) groups excluding carboxylic acids is 2. The highest BCUT2D eigenvalue weighted by molar-refractivity contribution is 5.84. The van der Waals surface area contributed by atoms with Gasteiger partial charge in [-0.25, -0.2) is 9.18 Å². The van der Waals surface area contributed by atoms with Crippen LogP contribution in [0.25, 0.3) is 0 Å². The number of hydrogen-bond acceptors (Lipinski definition) is 2. The summed E-state index contributed by atoms with van der Waals surface area (Å²) in [4.78, 5) is 25.3. The quantitative estimate of drug-likeness (QED) is 0.869. The average Bonchev–Trinajstić information content (AvgIpc) is 2.53. The summed E-state index contributed by atoms with van der Waals surface area (Å²) in [6.45, 7) is 1.97. The zero-order valence-corrected chi connectivity index (χ0v) is 12.6. The summed E-state index contributed by atoms with van der Waals surface area (Å²) in [5, 5.41) is 5.23. The molecule has 2 rings (SSSR count). The smallest absolute Gasteiger partial charge is 0.315 e. The normalized spacial score (nSPS) is 14.5. The van der Waals surface area contributed by atoms with Crippen molar-refractivity contribution >= 4 is 11.9 Å². The fraction of sp³-hybridized carbons (Fsp3) is 0.500. The van der Waals surface area contributed by atoms with Gasteiger partial charge in [-0.2, -0.15) is 0 Å². The van der Waals surface area contributed by atoms with Gasteiger partial charge in [-0.05, 0) is 43.4 Å². The Kier molecular flexibility index (Phi) is 6.18. The first-order chi connectivity index (χ1) is 10.6. The van der Waals surface area contributed by atoms with Crippen molar-refractivity contribution in [1.29, 1.82) is 0 Å². The maximum absolute atomic E-state index is 13.0. The highest BCUT2D eigenvalue weighted by Crippen LogP contribution is 2.08. The van der Waals surface area contributed by atoms with Crippen LogP contribution in [0.3, 0.4) is 0 Å². The molecule has 0 aliphatic carbocycles. The first kappa shape index (κ1) is 16.3. The molecule has 0 unspecified atom stereocenters. The molecule has 1 aromatic rings. The Balaban J connectivity index is 1.62. The van der Waals surface area contributed by atoms with Crippen LogP contribution in [0, 0.1) is 5.82 Å². The lowest BCUT2D eigenvalue weighted by Crippen LogP contribution is -2.45. The summed E-state index contributed by atoms with van der Waals surface area (Å²) in [5.74, 6) is -0.325. The second-order valence-corrected chi connectivity index (χ2v) is 5.43. The SMILES string of the molecule is O=C(NCCc1cccc(F)c1)NCC(=O)N1CCCCC1. The Morgan fingerprint density at radius 1 is 1.14 bits per heavy atom. The van der Waals surface area contributed by atoms with E-state index in [0.29, 0.717) is 13.0 Å². The predicted molar refractivity (Wildman–Crippen MR) is 81.9 cm³/mol. The number of rotatable bonds is 5. The Morgan fingerprint density at radius 3 is 2.64 bits per heavy atom. The Hall–Kier alpha value is -2.11. The van der Waals surface area contributed by atoms with Gasteiger partial charge in [0.25, 0.3) is 0 Å². The molecule has 5 nitrogen and oxygen atoms in total. The van der Waals surface area contributed by atoms with Crippen LogP contribution in [0.5, 0.6) is 0 Å². The fourth-order valence-corrected chi connectivity index (χ4v) is 2.49. The third-order valence-corrected chi connectivity index (χ3v) is 3.70. The molecule has 0 spiro atoms. The van der Waals surface area contributed by atoms with Crippen LogP contribution in [0.4, 0.5) is 9.18 Å². The summed E-state index contributed by atoms with van der Waals surface area (Å²) in [5.41, 5.74) is 0.824. The first-order valence-electron chi connectivity index (χ1n) is 7.69. The molecular formula is C16H22FN3O2. The van der Waals surface area contributed by atoms with Gasteiger partial charge < -0.3 is 15.5 Å². The summed E-state index contributed by atoms with van der Waals surface area (Å²) in [6.07, 6.45) is 3.78. The van der Waals surface area contributed by atoms with Crippen LogP contribution in [0.1, 0.15) is 24.8 Å². The molecule has 22 heavy (non-hydrogen) atoms. The van der Waals surface area contributed by atoms with Gasteiger partial charge in [-0.1, -0.05) is 12.1 Å². The molecule has 1 aliphatic heterocycles. The minimum Gasteiger partial charge on any atom is -0.341 e. The van der Waals surface area contributed by atoms with Crippen molar-refractivity contribution in [2.75, 3.05) is 26.2 Å². The summed E-state index contributed by atoms with van der Waals surface area (Å²) < 4.78 is 13.0. The van der Waals surface area contributed by atoms with E-state index in [1.165, 1.54) is 12.1 Å². The first-order valence-corrected chi connectivity index (χ1v) is 7.69. The molecule has 0 aromatic heterocycles. The van der Waals surface area contributed by atoms with E-state index in [0.717, 1.165) is 37.9 Å². The minimum atomic E-state index is -0.373. The number of amides is 3. The highest BCUT2D eigenvalue weighted by Gasteiger charge is 2.16. The van der Waals surface area contributed by atoms with Crippen molar-refractivity contribution in [2.45, 2.75) is 25.7 Å². The number of benzene rings is 1. The number of hydrogen-bond donors (Lipinski definition) is 2.